The van der Waals surface area contributed by atoms with Crippen LogP contribution in [0.4, 0.5) is 0 Å². The van der Waals surface area contributed by atoms with Crippen LogP contribution in [0.1, 0.15) is 31.2 Å². The number of nitrogens with zero attached hydrogens (tertiary/aromatic N) is 2. The van der Waals surface area contributed by atoms with Crippen molar-refractivity contribution in [3.8, 4) is 0 Å². The Hall–Kier alpha value is -1.86. The van der Waals surface area contributed by atoms with Gasteiger partial charge in [-0.25, -0.2) is 13.1 Å². The Labute approximate surface area is 158 Å². The Morgan fingerprint density at radius 1 is 1.23 bits per heavy atom. The van der Waals surface area contributed by atoms with E-state index in [-0.39, 0.29) is 5.75 Å². The third kappa shape index (κ3) is 9.58. The van der Waals surface area contributed by atoms with Crippen molar-refractivity contribution in [2.45, 2.75) is 32.2 Å². The number of sulfonamides is 1. The lowest BCUT2D eigenvalue weighted by atomic mass is 10.2. The molecule has 0 spiro atoms. The molecule has 0 saturated heterocycles. The molecule has 0 aliphatic rings. The van der Waals surface area contributed by atoms with Crippen molar-refractivity contribution in [2.24, 2.45) is 4.99 Å². The molecule has 0 aliphatic heterocycles. The first-order valence-corrected chi connectivity index (χ1v) is 10.7. The van der Waals surface area contributed by atoms with Crippen molar-refractivity contribution >= 4 is 16.0 Å². The largest absolute Gasteiger partial charge is 0.355 e. The van der Waals surface area contributed by atoms with Gasteiger partial charge in [-0.05, 0) is 24.8 Å². The molecule has 0 saturated carbocycles. The van der Waals surface area contributed by atoms with E-state index in [9.17, 15) is 8.42 Å². The lowest BCUT2D eigenvalue weighted by Crippen LogP contribution is -2.42. The Balaban J connectivity index is 2.30. The minimum absolute atomic E-state index is 0.00598. The van der Waals surface area contributed by atoms with Crippen LogP contribution in [0.2, 0.25) is 0 Å². The van der Waals surface area contributed by atoms with Gasteiger partial charge in [-0.3, -0.25) is 4.99 Å². The summed E-state index contributed by atoms with van der Waals surface area (Å²) in [7, 11) is 0.338. The lowest BCUT2D eigenvalue weighted by Gasteiger charge is -2.22. The smallest absolute Gasteiger partial charge is 0.213 e. The fourth-order valence-corrected chi connectivity index (χ4v) is 3.37. The van der Waals surface area contributed by atoms with E-state index in [1.807, 2.05) is 48.4 Å². The van der Waals surface area contributed by atoms with Crippen LogP contribution in [0.5, 0.6) is 0 Å². The second kappa shape index (κ2) is 12.5. The van der Waals surface area contributed by atoms with Crippen LogP contribution < -0.4 is 10.0 Å². The summed E-state index contributed by atoms with van der Waals surface area (Å²) in [4.78, 5) is 6.24. The zero-order valence-electron chi connectivity index (χ0n) is 15.9. The van der Waals surface area contributed by atoms with Crippen molar-refractivity contribution in [2.75, 3.05) is 32.9 Å². The highest BCUT2D eigenvalue weighted by Gasteiger charge is 2.11. The van der Waals surface area contributed by atoms with Crippen molar-refractivity contribution in [3.05, 3.63) is 48.6 Å². The first-order valence-electron chi connectivity index (χ1n) is 9.02. The van der Waals surface area contributed by atoms with E-state index < -0.39 is 10.0 Å². The SMILES string of the molecule is C=CCCCCCN(C)C(=NC)NCCS(=O)(=O)NCc1ccccc1. The van der Waals surface area contributed by atoms with Gasteiger partial charge in [-0.15, -0.1) is 6.58 Å². The molecule has 6 nitrogen and oxygen atoms in total. The molecular weight excluding hydrogens is 348 g/mol. The molecule has 0 atom stereocenters. The first kappa shape index (κ1) is 22.2. The predicted molar refractivity (Wildman–Crippen MR) is 110 cm³/mol. The average molecular weight is 381 g/mol. The summed E-state index contributed by atoms with van der Waals surface area (Å²) < 4.78 is 26.8. The van der Waals surface area contributed by atoms with Crippen molar-refractivity contribution in [1.82, 2.24) is 14.9 Å². The summed E-state index contributed by atoms with van der Waals surface area (Å²) in [5.41, 5.74) is 0.941. The second-order valence-corrected chi connectivity index (χ2v) is 8.09. The van der Waals surface area contributed by atoms with Crippen LogP contribution >= 0.6 is 0 Å². The summed E-state index contributed by atoms with van der Waals surface area (Å²) in [6, 6.07) is 9.48. The van der Waals surface area contributed by atoms with Crippen LogP contribution in [-0.2, 0) is 16.6 Å². The molecule has 26 heavy (non-hydrogen) atoms. The normalized spacial score (nSPS) is 12.0. The fraction of sp³-hybridized carbons (Fsp3) is 0.526. The third-order valence-corrected chi connectivity index (χ3v) is 5.29. The minimum atomic E-state index is -3.33. The highest BCUT2D eigenvalue weighted by molar-refractivity contribution is 7.89. The molecule has 0 amide bonds. The fourth-order valence-electron chi connectivity index (χ4n) is 2.46. The van der Waals surface area contributed by atoms with Crippen LogP contribution in [-0.4, -0.2) is 52.2 Å². The summed E-state index contributed by atoms with van der Waals surface area (Å²) in [5, 5.41) is 3.12. The quantitative estimate of drug-likeness (QED) is 0.253. The van der Waals surface area contributed by atoms with E-state index in [0.29, 0.717) is 19.0 Å². The third-order valence-electron chi connectivity index (χ3n) is 3.97. The van der Waals surface area contributed by atoms with Crippen molar-refractivity contribution < 1.29 is 8.42 Å². The molecule has 1 aromatic rings. The number of hydrogen-bond donors (Lipinski definition) is 2. The van der Waals surface area contributed by atoms with Gasteiger partial charge in [0.15, 0.2) is 5.96 Å². The summed E-state index contributed by atoms with van der Waals surface area (Å²) >= 11 is 0. The van der Waals surface area contributed by atoms with Crippen molar-refractivity contribution in [3.63, 3.8) is 0 Å². The van der Waals surface area contributed by atoms with Gasteiger partial charge < -0.3 is 10.2 Å². The molecule has 0 aromatic heterocycles. The molecule has 7 heteroatoms. The molecule has 0 heterocycles. The van der Waals surface area contributed by atoms with Gasteiger partial charge in [0.25, 0.3) is 0 Å². The summed E-state index contributed by atoms with van der Waals surface area (Å²) in [6.45, 7) is 5.23. The molecule has 146 valence electrons. The van der Waals surface area contributed by atoms with Gasteiger partial charge in [0.2, 0.25) is 10.0 Å². The number of allylic oxidation sites excluding steroid dienone is 1. The highest BCUT2D eigenvalue weighted by Crippen LogP contribution is 2.02. The number of nitrogens with one attached hydrogen (secondary N) is 2. The van der Waals surface area contributed by atoms with Crippen molar-refractivity contribution in [1.29, 1.82) is 0 Å². The molecule has 0 bridgehead atoms. The zero-order chi connectivity index (χ0) is 19.3. The standard InChI is InChI=1S/C19H32N4O2S/c1-4-5-6-7-11-15-23(3)19(20-2)21-14-16-26(24,25)22-17-18-12-9-8-10-13-18/h4,8-10,12-13,22H,1,5-7,11,14-17H2,2-3H3,(H,20,21). The number of unbranched alkanes of at least 4 members (excludes halogenated alkanes) is 3. The maximum absolute atomic E-state index is 12.1. The second-order valence-electron chi connectivity index (χ2n) is 6.16. The number of rotatable bonds is 12. The van der Waals surface area contributed by atoms with Crippen LogP contribution in [0.15, 0.2) is 48.0 Å². The maximum atomic E-state index is 12.1. The number of aliphatic imine (C=N–C) groups is 1. The summed E-state index contributed by atoms with van der Waals surface area (Å²) in [5.74, 6) is 0.721. The Bertz CT molecular complexity index is 645. The first-order chi connectivity index (χ1) is 12.5. The van der Waals surface area contributed by atoms with Gasteiger partial charge in [0.1, 0.15) is 0 Å². The molecule has 2 N–H and O–H groups in total. The van der Waals surface area contributed by atoms with E-state index in [2.05, 4.69) is 21.6 Å². The topological polar surface area (TPSA) is 73.8 Å². The Morgan fingerprint density at radius 2 is 1.96 bits per heavy atom. The molecule has 0 fully saturated rings. The summed E-state index contributed by atoms with van der Waals surface area (Å²) in [6.07, 6.45) is 6.35. The molecule has 0 aliphatic carbocycles. The minimum Gasteiger partial charge on any atom is -0.355 e. The molecule has 1 rings (SSSR count). The molecule has 1 aromatic carbocycles. The van der Waals surface area contributed by atoms with Gasteiger partial charge in [-0.1, -0.05) is 42.8 Å². The average Bonchev–Trinajstić information content (AvgIpc) is 2.64. The van der Waals surface area contributed by atoms with Crippen LogP contribution in [0, 0.1) is 0 Å². The van der Waals surface area contributed by atoms with Gasteiger partial charge in [0, 0.05) is 33.7 Å². The van der Waals surface area contributed by atoms with Crippen LogP contribution in [0.3, 0.4) is 0 Å². The number of guanidine groups is 1. The molecular formula is C19H32N4O2S. The van der Waals surface area contributed by atoms with Gasteiger partial charge in [0.05, 0.1) is 5.75 Å². The van der Waals surface area contributed by atoms with Gasteiger partial charge >= 0.3 is 0 Å². The van der Waals surface area contributed by atoms with Gasteiger partial charge in [-0.2, -0.15) is 0 Å². The highest BCUT2D eigenvalue weighted by atomic mass is 32.2. The van der Waals surface area contributed by atoms with E-state index in [4.69, 9.17) is 0 Å². The van der Waals surface area contributed by atoms with E-state index in [0.717, 1.165) is 37.8 Å². The Kier molecular flexibility index (Phi) is 10.7. The van der Waals surface area contributed by atoms with E-state index in [1.54, 1.807) is 7.05 Å². The van der Waals surface area contributed by atoms with E-state index >= 15 is 0 Å². The zero-order valence-corrected chi connectivity index (χ0v) is 16.8. The lowest BCUT2D eigenvalue weighted by molar-refractivity contribution is 0.456. The molecule has 0 unspecified atom stereocenters. The number of benzene rings is 1. The monoisotopic (exact) mass is 380 g/mol. The maximum Gasteiger partial charge on any atom is 0.213 e. The Morgan fingerprint density at radius 3 is 2.62 bits per heavy atom. The predicted octanol–water partition coefficient (Wildman–Crippen LogP) is 2.36. The van der Waals surface area contributed by atoms with Crippen LogP contribution in [0.25, 0.3) is 0 Å². The van der Waals surface area contributed by atoms with E-state index in [1.165, 1.54) is 0 Å². The molecule has 0 radical (unpaired) electrons. The number of hydrogen-bond acceptors (Lipinski definition) is 3.